The van der Waals surface area contributed by atoms with E-state index >= 15 is 0 Å². The third-order valence-corrected chi connectivity index (χ3v) is 5.51. The molecule has 2 aliphatic rings. The molecular formula is C21H34IN3O2. The lowest BCUT2D eigenvalue weighted by Crippen LogP contribution is -2.54. The molecule has 6 heteroatoms. The van der Waals surface area contributed by atoms with Crippen molar-refractivity contribution in [3.05, 3.63) is 35.4 Å². The van der Waals surface area contributed by atoms with Crippen LogP contribution in [-0.2, 0) is 14.9 Å². The van der Waals surface area contributed by atoms with Crippen LogP contribution in [0.15, 0.2) is 29.3 Å². The van der Waals surface area contributed by atoms with E-state index in [1.807, 2.05) is 7.05 Å². The summed E-state index contributed by atoms with van der Waals surface area (Å²) in [6.07, 6.45) is 2.63. The number of aryl methyl sites for hydroxylation is 1. The molecule has 2 heterocycles. The minimum Gasteiger partial charge on any atom is -0.375 e. The fraction of sp³-hybridized carbons (Fsp3) is 0.667. The minimum atomic E-state index is 0. The molecule has 5 nitrogen and oxygen atoms in total. The molecule has 0 amide bonds. The van der Waals surface area contributed by atoms with Crippen LogP contribution < -0.4 is 5.32 Å². The Labute approximate surface area is 180 Å². The Morgan fingerprint density at radius 3 is 2.52 bits per heavy atom. The number of hydrogen-bond donors (Lipinski definition) is 1. The molecule has 2 saturated heterocycles. The Morgan fingerprint density at radius 1 is 1.19 bits per heavy atom. The molecule has 27 heavy (non-hydrogen) atoms. The summed E-state index contributed by atoms with van der Waals surface area (Å²) >= 11 is 0. The quantitative estimate of drug-likeness (QED) is 0.402. The lowest BCUT2D eigenvalue weighted by atomic mass is 9.84. The Hall–Kier alpha value is -0.860. The highest BCUT2D eigenvalue weighted by Crippen LogP contribution is 2.23. The molecule has 2 fully saturated rings. The van der Waals surface area contributed by atoms with E-state index in [0.29, 0.717) is 0 Å². The normalized spacial score (nSPS) is 23.9. The average molecular weight is 487 g/mol. The molecule has 1 N–H and O–H groups in total. The molecule has 0 aliphatic carbocycles. The van der Waals surface area contributed by atoms with Crippen molar-refractivity contribution < 1.29 is 9.47 Å². The highest BCUT2D eigenvalue weighted by molar-refractivity contribution is 14.0. The van der Waals surface area contributed by atoms with Gasteiger partial charge in [0.2, 0.25) is 0 Å². The summed E-state index contributed by atoms with van der Waals surface area (Å²) in [7, 11) is 1.86. The topological polar surface area (TPSA) is 46.1 Å². The van der Waals surface area contributed by atoms with Crippen LogP contribution in [0.5, 0.6) is 0 Å². The molecule has 0 saturated carbocycles. The summed E-state index contributed by atoms with van der Waals surface area (Å²) in [5.41, 5.74) is 2.66. The van der Waals surface area contributed by atoms with Crippen molar-refractivity contribution >= 4 is 29.9 Å². The lowest BCUT2D eigenvalue weighted by molar-refractivity contribution is -0.0817. The first kappa shape index (κ1) is 22.4. The Kier molecular flexibility index (Phi) is 8.37. The third-order valence-electron chi connectivity index (χ3n) is 5.51. The van der Waals surface area contributed by atoms with Crippen molar-refractivity contribution in [2.24, 2.45) is 4.99 Å². The van der Waals surface area contributed by atoms with Crippen LogP contribution in [0.3, 0.4) is 0 Å². The zero-order valence-electron chi connectivity index (χ0n) is 17.0. The third kappa shape index (κ3) is 5.81. The molecule has 0 aromatic heterocycles. The van der Waals surface area contributed by atoms with E-state index in [9.17, 15) is 0 Å². The van der Waals surface area contributed by atoms with Gasteiger partial charge in [0.15, 0.2) is 5.96 Å². The molecule has 1 aromatic rings. The van der Waals surface area contributed by atoms with Gasteiger partial charge in [-0.15, -0.1) is 24.0 Å². The Bertz CT molecular complexity index is 612. The number of aliphatic imine (C=N–C) groups is 1. The SMILES string of the molecule is CN=C(NCC(C)(C)c1ccc(C)cc1)N1CCOC(C2CCCO2)C1.I. The highest BCUT2D eigenvalue weighted by Gasteiger charge is 2.32. The van der Waals surface area contributed by atoms with E-state index in [2.05, 4.69) is 60.2 Å². The van der Waals surface area contributed by atoms with Gasteiger partial charge in [-0.3, -0.25) is 4.99 Å². The predicted octanol–water partition coefficient (Wildman–Crippen LogP) is 3.35. The Morgan fingerprint density at radius 2 is 1.89 bits per heavy atom. The summed E-state index contributed by atoms with van der Waals surface area (Å²) in [5.74, 6) is 0.955. The van der Waals surface area contributed by atoms with Crippen molar-refractivity contribution in [1.82, 2.24) is 10.2 Å². The second-order valence-corrected chi connectivity index (χ2v) is 8.06. The lowest BCUT2D eigenvalue weighted by Gasteiger charge is -2.38. The maximum atomic E-state index is 5.96. The van der Waals surface area contributed by atoms with Gasteiger partial charge in [0.05, 0.1) is 12.7 Å². The van der Waals surface area contributed by atoms with Crippen LogP contribution in [0.1, 0.15) is 37.8 Å². The summed E-state index contributed by atoms with van der Waals surface area (Å²) < 4.78 is 11.8. The second kappa shape index (κ2) is 10.1. The van der Waals surface area contributed by atoms with Gasteiger partial charge in [-0.05, 0) is 25.3 Å². The van der Waals surface area contributed by atoms with Gasteiger partial charge in [-0.1, -0.05) is 43.7 Å². The van der Waals surface area contributed by atoms with Crippen LogP contribution in [0.4, 0.5) is 0 Å². The van der Waals surface area contributed by atoms with Crippen LogP contribution in [0.25, 0.3) is 0 Å². The standard InChI is InChI=1S/C21H33N3O2.HI/c1-16-7-9-17(10-8-16)21(2,3)15-23-20(22-4)24-11-13-26-19(14-24)18-6-5-12-25-18;/h7-10,18-19H,5-6,11-15H2,1-4H3,(H,22,23);1H. The number of rotatable bonds is 4. The average Bonchev–Trinajstić information content (AvgIpc) is 3.17. The first-order valence-electron chi connectivity index (χ1n) is 9.75. The van der Waals surface area contributed by atoms with Crippen molar-refractivity contribution in [1.29, 1.82) is 0 Å². The van der Waals surface area contributed by atoms with Gasteiger partial charge in [-0.2, -0.15) is 0 Å². The van der Waals surface area contributed by atoms with Crippen LogP contribution in [0, 0.1) is 6.92 Å². The molecule has 0 bridgehead atoms. The first-order valence-corrected chi connectivity index (χ1v) is 9.75. The van der Waals surface area contributed by atoms with Gasteiger partial charge < -0.3 is 19.7 Å². The first-order chi connectivity index (χ1) is 12.5. The van der Waals surface area contributed by atoms with E-state index in [1.54, 1.807) is 0 Å². The molecule has 0 spiro atoms. The number of morpholine rings is 1. The minimum absolute atomic E-state index is 0. The van der Waals surface area contributed by atoms with Crippen molar-refractivity contribution in [3.8, 4) is 0 Å². The van der Waals surface area contributed by atoms with E-state index in [1.165, 1.54) is 11.1 Å². The fourth-order valence-electron chi connectivity index (χ4n) is 3.73. The van der Waals surface area contributed by atoms with Crippen LogP contribution >= 0.6 is 24.0 Å². The van der Waals surface area contributed by atoms with Gasteiger partial charge >= 0.3 is 0 Å². The number of nitrogens with one attached hydrogen (secondary N) is 1. The van der Waals surface area contributed by atoms with E-state index in [-0.39, 0.29) is 41.6 Å². The zero-order chi connectivity index (χ0) is 18.6. The summed E-state index contributed by atoms with van der Waals surface area (Å²) in [6, 6.07) is 8.81. The maximum absolute atomic E-state index is 5.96. The van der Waals surface area contributed by atoms with Gasteiger partial charge in [0.1, 0.15) is 6.10 Å². The van der Waals surface area contributed by atoms with E-state index in [4.69, 9.17) is 9.47 Å². The van der Waals surface area contributed by atoms with Crippen molar-refractivity contribution in [2.45, 2.75) is 51.2 Å². The monoisotopic (exact) mass is 487 g/mol. The fourth-order valence-corrected chi connectivity index (χ4v) is 3.73. The summed E-state index contributed by atoms with van der Waals surface area (Å²) in [5, 5.41) is 3.58. The van der Waals surface area contributed by atoms with Crippen LogP contribution in [0.2, 0.25) is 0 Å². The molecule has 2 unspecified atom stereocenters. The summed E-state index contributed by atoms with van der Waals surface area (Å²) in [6.45, 7) is 10.8. The molecular weight excluding hydrogens is 453 g/mol. The largest absolute Gasteiger partial charge is 0.375 e. The molecule has 0 radical (unpaired) electrons. The number of hydrogen-bond acceptors (Lipinski definition) is 3. The number of ether oxygens (including phenoxy) is 2. The second-order valence-electron chi connectivity index (χ2n) is 8.06. The van der Waals surface area contributed by atoms with Gasteiger partial charge in [0.25, 0.3) is 0 Å². The molecule has 2 atom stereocenters. The van der Waals surface area contributed by atoms with Gasteiger partial charge in [0, 0.05) is 38.7 Å². The number of benzene rings is 1. The molecule has 3 rings (SSSR count). The van der Waals surface area contributed by atoms with Crippen LogP contribution in [-0.4, -0.2) is 63.0 Å². The van der Waals surface area contributed by atoms with Crippen molar-refractivity contribution in [3.63, 3.8) is 0 Å². The highest BCUT2D eigenvalue weighted by atomic mass is 127. The maximum Gasteiger partial charge on any atom is 0.193 e. The van der Waals surface area contributed by atoms with E-state index in [0.717, 1.165) is 51.6 Å². The predicted molar refractivity (Wildman–Crippen MR) is 121 cm³/mol. The molecule has 2 aliphatic heterocycles. The Balaban J connectivity index is 0.00000261. The summed E-state index contributed by atoms with van der Waals surface area (Å²) in [4.78, 5) is 6.83. The smallest absolute Gasteiger partial charge is 0.193 e. The zero-order valence-corrected chi connectivity index (χ0v) is 19.4. The molecule has 152 valence electrons. The van der Waals surface area contributed by atoms with Gasteiger partial charge in [-0.25, -0.2) is 0 Å². The number of guanidine groups is 1. The molecule has 1 aromatic carbocycles. The van der Waals surface area contributed by atoms with Crippen molar-refractivity contribution in [2.75, 3.05) is 39.9 Å². The number of nitrogens with zero attached hydrogens (tertiary/aromatic N) is 2. The number of halogens is 1. The van der Waals surface area contributed by atoms with E-state index < -0.39 is 0 Å².